The monoisotopic (exact) mass is 392 g/mol. The van der Waals surface area contributed by atoms with E-state index < -0.39 is 9.84 Å². The lowest BCUT2D eigenvalue weighted by molar-refractivity contribution is 0.250. The topological polar surface area (TPSA) is 50.3 Å². The molecule has 1 unspecified atom stereocenters. The highest BCUT2D eigenvalue weighted by molar-refractivity contribution is 7.90. The summed E-state index contributed by atoms with van der Waals surface area (Å²) in [6.07, 6.45) is 1.23. The molecule has 0 radical (unpaired) electrons. The highest BCUT2D eigenvalue weighted by atomic mass is 32.2. The van der Waals surface area contributed by atoms with Crippen LogP contribution in [0, 0.1) is 0 Å². The summed E-state index contributed by atoms with van der Waals surface area (Å²) >= 11 is 3.37. The Labute approximate surface area is 156 Å². The summed E-state index contributed by atoms with van der Waals surface area (Å²) in [7, 11) is -1.10. The van der Waals surface area contributed by atoms with Crippen LogP contribution >= 0.6 is 22.7 Å². The molecule has 2 heterocycles. The molecule has 0 fully saturated rings. The van der Waals surface area contributed by atoms with E-state index in [9.17, 15) is 8.42 Å². The van der Waals surface area contributed by atoms with E-state index >= 15 is 0 Å². The van der Waals surface area contributed by atoms with Crippen molar-refractivity contribution in [3.05, 3.63) is 58.4 Å². The van der Waals surface area contributed by atoms with Gasteiger partial charge in [0.1, 0.15) is 5.01 Å². The summed E-state index contributed by atoms with van der Waals surface area (Å²) in [6, 6.07) is 11.4. The predicted octanol–water partition coefficient (Wildman–Crippen LogP) is 4.47. The molecule has 1 atom stereocenters. The molecule has 0 amide bonds. The second-order valence-electron chi connectivity index (χ2n) is 6.05. The molecule has 3 aromatic rings. The first kappa shape index (κ1) is 18.3. The van der Waals surface area contributed by atoms with E-state index in [1.165, 1.54) is 11.1 Å². The molecule has 0 spiro atoms. The van der Waals surface area contributed by atoms with Crippen LogP contribution < -0.4 is 0 Å². The van der Waals surface area contributed by atoms with Gasteiger partial charge in [0.05, 0.1) is 15.5 Å². The van der Waals surface area contributed by atoms with E-state index in [0.717, 1.165) is 22.8 Å². The molecular formula is C18H20N2O2S3. The van der Waals surface area contributed by atoms with Crippen LogP contribution in [-0.2, 0) is 16.4 Å². The molecule has 4 nitrogen and oxygen atoms in total. The van der Waals surface area contributed by atoms with E-state index in [2.05, 4.69) is 35.7 Å². The Balaban J connectivity index is 1.69. The van der Waals surface area contributed by atoms with Crippen LogP contribution in [0.5, 0.6) is 0 Å². The fourth-order valence-electron chi connectivity index (χ4n) is 2.53. The van der Waals surface area contributed by atoms with Crippen LogP contribution in [0.3, 0.4) is 0 Å². The average molecular weight is 393 g/mol. The van der Waals surface area contributed by atoms with E-state index in [1.807, 2.05) is 18.2 Å². The molecule has 0 N–H and O–H groups in total. The Hall–Kier alpha value is -1.54. The number of nitrogens with zero attached hydrogens (tertiary/aromatic N) is 2. The Kier molecular flexibility index (Phi) is 5.38. The fraction of sp³-hybridized carbons (Fsp3) is 0.278. The summed E-state index contributed by atoms with van der Waals surface area (Å²) < 4.78 is 23.1. The van der Waals surface area contributed by atoms with Crippen molar-refractivity contribution in [3.8, 4) is 9.88 Å². The first-order chi connectivity index (χ1) is 11.8. The first-order valence-corrected chi connectivity index (χ1v) is 11.5. The zero-order chi connectivity index (χ0) is 18.0. The number of thiazole rings is 1. The number of rotatable bonds is 6. The molecule has 1 aromatic carbocycles. The normalized spacial score (nSPS) is 13.3. The first-order valence-electron chi connectivity index (χ1n) is 7.83. The number of benzene rings is 1. The molecule has 0 aliphatic rings. The SMILES string of the molecule is CC(c1ccc(S(C)(=O)=O)cc1)N(C)Cc1csc(-c2cccs2)n1. The Morgan fingerprint density at radius 3 is 2.48 bits per heavy atom. The van der Waals surface area contributed by atoms with Crippen molar-refractivity contribution < 1.29 is 8.42 Å². The van der Waals surface area contributed by atoms with Gasteiger partial charge in [0.2, 0.25) is 0 Å². The number of hydrogen-bond donors (Lipinski definition) is 0. The van der Waals surface area contributed by atoms with Gasteiger partial charge in [0, 0.05) is 24.2 Å². The average Bonchev–Trinajstić information content (AvgIpc) is 3.24. The number of thiophene rings is 1. The van der Waals surface area contributed by atoms with E-state index in [1.54, 1.807) is 34.8 Å². The van der Waals surface area contributed by atoms with Crippen LogP contribution in [0.15, 0.2) is 52.1 Å². The van der Waals surface area contributed by atoms with Crippen LogP contribution in [0.2, 0.25) is 0 Å². The van der Waals surface area contributed by atoms with Gasteiger partial charge in [-0.25, -0.2) is 13.4 Å². The number of hydrogen-bond acceptors (Lipinski definition) is 6. The fourth-order valence-corrected chi connectivity index (χ4v) is 4.79. The lowest BCUT2D eigenvalue weighted by Gasteiger charge is -2.24. The third-order valence-electron chi connectivity index (χ3n) is 4.15. The maximum absolute atomic E-state index is 11.6. The molecule has 3 rings (SSSR count). The summed E-state index contributed by atoms with van der Waals surface area (Å²) in [5.41, 5.74) is 2.14. The highest BCUT2D eigenvalue weighted by Gasteiger charge is 2.15. The Morgan fingerprint density at radius 1 is 1.16 bits per heavy atom. The largest absolute Gasteiger partial charge is 0.294 e. The Morgan fingerprint density at radius 2 is 1.88 bits per heavy atom. The summed E-state index contributed by atoms with van der Waals surface area (Å²) in [6.45, 7) is 2.86. The second-order valence-corrected chi connectivity index (χ2v) is 9.88. The number of aromatic nitrogens is 1. The minimum atomic E-state index is -3.15. The summed E-state index contributed by atoms with van der Waals surface area (Å²) in [5, 5.41) is 5.22. The second kappa shape index (κ2) is 7.37. The molecule has 0 saturated heterocycles. The molecule has 7 heteroatoms. The summed E-state index contributed by atoms with van der Waals surface area (Å²) in [5.74, 6) is 0. The van der Waals surface area contributed by atoms with E-state index in [-0.39, 0.29) is 6.04 Å². The lowest BCUT2D eigenvalue weighted by atomic mass is 10.1. The van der Waals surface area contributed by atoms with Crippen LogP contribution in [0.25, 0.3) is 9.88 Å². The van der Waals surface area contributed by atoms with E-state index in [0.29, 0.717) is 4.90 Å². The third kappa shape index (κ3) is 4.36. The number of sulfone groups is 1. The minimum absolute atomic E-state index is 0.167. The van der Waals surface area contributed by atoms with Crippen molar-refractivity contribution in [3.63, 3.8) is 0 Å². The quantitative estimate of drug-likeness (QED) is 0.621. The van der Waals surface area contributed by atoms with Crippen molar-refractivity contribution in [1.29, 1.82) is 0 Å². The van der Waals surface area contributed by atoms with Gasteiger partial charge in [0.25, 0.3) is 0 Å². The van der Waals surface area contributed by atoms with E-state index in [4.69, 9.17) is 4.98 Å². The molecule has 0 aliphatic heterocycles. The van der Waals surface area contributed by atoms with Gasteiger partial charge in [0.15, 0.2) is 9.84 Å². The summed E-state index contributed by atoms with van der Waals surface area (Å²) in [4.78, 5) is 8.48. The third-order valence-corrected chi connectivity index (χ3v) is 7.21. The van der Waals surface area contributed by atoms with Crippen molar-refractivity contribution in [2.45, 2.75) is 24.4 Å². The molecule has 2 aromatic heterocycles. The van der Waals surface area contributed by atoms with Crippen molar-refractivity contribution >= 4 is 32.5 Å². The predicted molar refractivity (Wildman–Crippen MR) is 105 cm³/mol. The maximum atomic E-state index is 11.6. The molecule has 0 aliphatic carbocycles. The molecule has 132 valence electrons. The minimum Gasteiger partial charge on any atom is -0.294 e. The zero-order valence-corrected chi connectivity index (χ0v) is 16.8. The van der Waals surface area contributed by atoms with Crippen LogP contribution in [-0.4, -0.2) is 31.6 Å². The smallest absolute Gasteiger partial charge is 0.175 e. The van der Waals surface area contributed by atoms with Crippen LogP contribution in [0.1, 0.15) is 24.2 Å². The van der Waals surface area contributed by atoms with Gasteiger partial charge >= 0.3 is 0 Å². The van der Waals surface area contributed by atoms with Gasteiger partial charge in [-0.15, -0.1) is 22.7 Å². The highest BCUT2D eigenvalue weighted by Crippen LogP contribution is 2.29. The van der Waals surface area contributed by atoms with Crippen molar-refractivity contribution in [2.75, 3.05) is 13.3 Å². The maximum Gasteiger partial charge on any atom is 0.175 e. The van der Waals surface area contributed by atoms with Crippen molar-refractivity contribution in [1.82, 2.24) is 9.88 Å². The lowest BCUT2D eigenvalue weighted by Crippen LogP contribution is -2.22. The van der Waals surface area contributed by atoms with Gasteiger partial charge in [-0.05, 0) is 43.1 Å². The standard InChI is InChI=1S/C18H20N2O2S3/c1-13(14-6-8-16(9-7-14)25(3,21)22)20(2)11-15-12-24-18(19-15)17-5-4-10-23-17/h4-10,12-13H,11H2,1-3H3. The molecular weight excluding hydrogens is 372 g/mol. The molecule has 25 heavy (non-hydrogen) atoms. The van der Waals surface area contributed by atoms with Gasteiger partial charge in [-0.1, -0.05) is 18.2 Å². The zero-order valence-electron chi connectivity index (χ0n) is 14.3. The van der Waals surface area contributed by atoms with Crippen LogP contribution in [0.4, 0.5) is 0 Å². The molecule has 0 bridgehead atoms. The van der Waals surface area contributed by atoms with Crippen molar-refractivity contribution in [2.24, 2.45) is 0 Å². The molecule has 0 saturated carbocycles. The van der Waals surface area contributed by atoms with Gasteiger partial charge in [-0.2, -0.15) is 0 Å². The van der Waals surface area contributed by atoms with Gasteiger partial charge in [-0.3, -0.25) is 4.90 Å². The Bertz CT molecular complexity index is 929. The van der Waals surface area contributed by atoms with Gasteiger partial charge < -0.3 is 0 Å².